The van der Waals surface area contributed by atoms with Crippen molar-refractivity contribution in [3.05, 3.63) is 90.5 Å². The van der Waals surface area contributed by atoms with E-state index in [-0.39, 0.29) is 5.82 Å². The predicted molar refractivity (Wildman–Crippen MR) is 117 cm³/mol. The number of nitrogens with zero attached hydrogens (tertiary/aromatic N) is 4. The van der Waals surface area contributed by atoms with E-state index in [0.29, 0.717) is 6.54 Å². The molecular formula is C22H19FN4S2. The minimum absolute atomic E-state index is 0.208. The van der Waals surface area contributed by atoms with Crippen molar-refractivity contribution in [1.82, 2.24) is 19.7 Å². The highest BCUT2D eigenvalue weighted by Gasteiger charge is 2.15. The molecule has 0 fully saturated rings. The summed E-state index contributed by atoms with van der Waals surface area (Å²) in [6.07, 6.45) is 3.56. The van der Waals surface area contributed by atoms with E-state index in [2.05, 4.69) is 31.9 Å². The monoisotopic (exact) mass is 422 g/mol. The topological polar surface area (TPSA) is 43.6 Å². The van der Waals surface area contributed by atoms with E-state index >= 15 is 0 Å². The number of hydrogen-bond donors (Lipinski definition) is 0. The van der Waals surface area contributed by atoms with Crippen LogP contribution in [0.1, 0.15) is 5.56 Å². The summed E-state index contributed by atoms with van der Waals surface area (Å²) in [5.74, 6) is 2.38. The van der Waals surface area contributed by atoms with Crippen molar-refractivity contribution in [1.29, 1.82) is 0 Å². The van der Waals surface area contributed by atoms with Crippen LogP contribution in [0.2, 0.25) is 0 Å². The van der Waals surface area contributed by atoms with Crippen LogP contribution in [0.5, 0.6) is 0 Å². The fourth-order valence-corrected chi connectivity index (χ4v) is 4.65. The summed E-state index contributed by atoms with van der Waals surface area (Å²) in [6, 6.07) is 20.8. The zero-order chi connectivity index (χ0) is 19.9. The number of thioether (sulfide) groups is 2. The maximum absolute atomic E-state index is 13.0. The molecule has 0 aliphatic rings. The van der Waals surface area contributed by atoms with Gasteiger partial charge in [-0.2, -0.15) is 0 Å². The molecule has 146 valence electrons. The van der Waals surface area contributed by atoms with E-state index in [1.807, 2.05) is 48.7 Å². The third kappa shape index (κ3) is 5.25. The largest absolute Gasteiger partial charge is 0.298 e. The Bertz CT molecular complexity index is 1040. The van der Waals surface area contributed by atoms with Gasteiger partial charge >= 0.3 is 0 Å². The van der Waals surface area contributed by atoms with Gasteiger partial charge in [0, 0.05) is 34.4 Å². The Morgan fingerprint density at radius 2 is 1.62 bits per heavy atom. The van der Waals surface area contributed by atoms with Gasteiger partial charge in [0.05, 0.1) is 6.54 Å². The first-order valence-electron chi connectivity index (χ1n) is 9.18. The normalized spacial score (nSPS) is 10.9. The Balaban J connectivity index is 1.48. The Kier molecular flexibility index (Phi) is 6.59. The molecule has 7 heteroatoms. The lowest BCUT2D eigenvalue weighted by molar-refractivity contribution is 0.626. The third-order valence-electron chi connectivity index (χ3n) is 4.22. The number of pyridine rings is 1. The standard InChI is InChI=1S/C22H19FN4S2/c23-19-8-10-20(11-9-19)28-13-14-29-22-26-25-21(18-7-4-12-24-15-18)27(22)16-17-5-2-1-3-6-17/h1-12,15H,13-14,16H2. The van der Waals surface area contributed by atoms with Crippen LogP contribution in [0, 0.1) is 5.82 Å². The van der Waals surface area contributed by atoms with Crippen molar-refractivity contribution in [3.63, 3.8) is 0 Å². The molecule has 0 aliphatic heterocycles. The van der Waals surface area contributed by atoms with Crippen LogP contribution in [0.4, 0.5) is 4.39 Å². The Morgan fingerprint density at radius 3 is 2.38 bits per heavy atom. The van der Waals surface area contributed by atoms with Crippen LogP contribution in [-0.2, 0) is 6.54 Å². The molecule has 0 spiro atoms. The van der Waals surface area contributed by atoms with Gasteiger partial charge in [-0.05, 0) is 42.0 Å². The van der Waals surface area contributed by atoms with Crippen LogP contribution < -0.4 is 0 Å². The molecule has 0 unspecified atom stereocenters. The maximum atomic E-state index is 13.0. The highest BCUT2D eigenvalue weighted by Crippen LogP contribution is 2.26. The SMILES string of the molecule is Fc1ccc(SCCSc2nnc(-c3cccnc3)n2Cc2ccccc2)cc1. The molecule has 2 aromatic heterocycles. The van der Waals surface area contributed by atoms with E-state index in [4.69, 9.17) is 0 Å². The van der Waals surface area contributed by atoms with Crippen LogP contribution >= 0.6 is 23.5 Å². The lowest BCUT2D eigenvalue weighted by atomic mass is 10.2. The van der Waals surface area contributed by atoms with Crippen LogP contribution in [0.15, 0.2) is 89.2 Å². The summed E-state index contributed by atoms with van der Waals surface area (Å²) in [4.78, 5) is 5.28. The van der Waals surface area contributed by atoms with Crippen molar-refractivity contribution >= 4 is 23.5 Å². The zero-order valence-electron chi connectivity index (χ0n) is 15.6. The minimum atomic E-state index is -0.208. The molecule has 0 saturated carbocycles. The maximum Gasteiger partial charge on any atom is 0.191 e. The molecule has 29 heavy (non-hydrogen) atoms. The molecule has 2 aromatic carbocycles. The third-order valence-corrected chi connectivity index (χ3v) is 6.46. The van der Waals surface area contributed by atoms with E-state index < -0.39 is 0 Å². The first-order valence-corrected chi connectivity index (χ1v) is 11.2. The highest BCUT2D eigenvalue weighted by atomic mass is 32.2. The van der Waals surface area contributed by atoms with Crippen molar-refractivity contribution in [2.75, 3.05) is 11.5 Å². The zero-order valence-corrected chi connectivity index (χ0v) is 17.2. The summed E-state index contributed by atoms with van der Waals surface area (Å²) >= 11 is 3.38. The number of aromatic nitrogens is 4. The molecule has 0 radical (unpaired) electrons. The molecule has 4 rings (SSSR count). The number of halogens is 1. The smallest absolute Gasteiger partial charge is 0.191 e. The van der Waals surface area contributed by atoms with Gasteiger partial charge in [0.25, 0.3) is 0 Å². The summed E-state index contributed by atoms with van der Waals surface area (Å²) in [6.45, 7) is 0.700. The number of hydrogen-bond acceptors (Lipinski definition) is 5. The van der Waals surface area contributed by atoms with Gasteiger partial charge < -0.3 is 0 Å². The summed E-state index contributed by atoms with van der Waals surface area (Å²) in [7, 11) is 0. The van der Waals surface area contributed by atoms with E-state index in [1.54, 1.807) is 29.7 Å². The van der Waals surface area contributed by atoms with Crippen molar-refractivity contribution in [2.24, 2.45) is 0 Å². The quantitative estimate of drug-likeness (QED) is 0.280. The fourth-order valence-electron chi connectivity index (χ4n) is 2.84. The van der Waals surface area contributed by atoms with Crippen molar-refractivity contribution < 1.29 is 4.39 Å². The first kappa shape index (κ1) is 19.7. The average molecular weight is 423 g/mol. The summed E-state index contributed by atoms with van der Waals surface area (Å²) < 4.78 is 15.2. The molecule has 0 atom stereocenters. The van der Waals surface area contributed by atoms with E-state index in [9.17, 15) is 4.39 Å². The summed E-state index contributed by atoms with van der Waals surface area (Å²) in [5.41, 5.74) is 2.14. The van der Waals surface area contributed by atoms with Gasteiger partial charge in [0.2, 0.25) is 0 Å². The second-order valence-corrected chi connectivity index (χ2v) is 8.50. The van der Waals surface area contributed by atoms with Gasteiger partial charge in [0.1, 0.15) is 5.82 Å². The Hall–Kier alpha value is -2.64. The Labute approximate surface area is 177 Å². The lowest BCUT2D eigenvalue weighted by Gasteiger charge is -2.10. The Morgan fingerprint density at radius 1 is 0.828 bits per heavy atom. The van der Waals surface area contributed by atoms with Crippen molar-refractivity contribution in [2.45, 2.75) is 16.6 Å². The minimum Gasteiger partial charge on any atom is -0.298 e. The molecule has 0 bridgehead atoms. The van der Waals surface area contributed by atoms with Crippen molar-refractivity contribution in [3.8, 4) is 11.4 Å². The molecule has 0 amide bonds. The first-order chi connectivity index (χ1) is 14.3. The van der Waals surface area contributed by atoms with Gasteiger partial charge in [-0.1, -0.05) is 42.1 Å². The molecule has 4 aromatic rings. The second kappa shape index (κ2) is 9.71. The fraction of sp³-hybridized carbons (Fsp3) is 0.136. The van der Waals surface area contributed by atoms with Crippen LogP contribution in [-0.4, -0.2) is 31.3 Å². The lowest BCUT2D eigenvalue weighted by Crippen LogP contribution is -2.04. The molecular weight excluding hydrogens is 403 g/mol. The van der Waals surface area contributed by atoms with Gasteiger partial charge in [-0.25, -0.2) is 4.39 Å². The van der Waals surface area contributed by atoms with Gasteiger partial charge in [0.15, 0.2) is 11.0 Å². The van der Waals surface area contributed by atoms with E-state index in [1.165, 1.54) is 17.7 Å². The van der Waals surface area contributed by atoms with Gasteiger partial charge in [-0.15, -0.1) is 22.0 Å². The van der Waals surface area contributed by atoms with E-state index in [0.717, 1.165) is 32.9 Å². The molecule has 4 nitrogen and oxygen atoms in total. The second-order valence-electron chi connectivity index (χ2n) is 6.27. The average Bonchev–Trinajstić information content (AvgIpc) is 3.16. The highest BCUT2D eigenvalue weighted by molar-refractivity contribution is 8.02. The number of benzene rings is 2. The number of rotatable bonds is 8. The predicted octanol–water partition coefficient (Wildman–Crippen LogP) is 5.41. The van der Waals surface area contributed by atoms with Gasteiger partial charge in [-0.3, -0.25) is 9.55 Å². The molecule has 0 N–H and O–H groups in total. The molecule has 0 aliphatic carbocycles. The molecule has 2 heterocycles. The van der Waals surface area contributed by atoms with Crippen LogP contribution in [0.25, 0.3) is 11.4 Å². The van der Waals surface area contributed by atoms with Crippen LogP contribution in [0.3, 0.4) is 0 Å². The summed E-state index contributed by atoms with van der Waals surface area (Å²) in [5, 5.41) is 9.75. The molecule has 0 saturated heterocycles.